The standard InChI is InChI=1S/C12H12FNO3/c13-9-3-1-2-7-6-8(4-5-10(15)16)12(17)14-11(7)9/h1-3,8H,4-6H2,(H,14,17)(H,15,16). The van der Waals surface area contributed by atoms with Crippen LogP contribution in [0.3, 0.4) is 0 Å². The van der Waals surface area contributed by atoms with E-state index in [1.165, 1.54) is 6.07 Å². The lowest BCUT2D eigenvalue weighted by Crippen LogP contribution is -2.30. The molecule has 17 heavy (non-hydrogen) atoms. The van der Waals surface area contributed by atoms with Crippen molar-refractivity contribution in [3.8, 4) is 0 Å². The van der Waals surface area contributed by atoms with Crippen LogP contribution in [0.2, 0.25) is 0 Å². The van der Waals surface area contributed by atoms with E-state index in [2.05, 4.69) is 5.32 Å². The average molecular weight is 237 g/mol. The summed E-state index contributed by atoms with van der Waals surface area (Å²) in [7, 11) is 0. The maximum Gasteiger partial charge on any atom is 0.303 e. The maximum absolute atomic E-state index is 13.4. The Morgan fingerprint density at radius 2 is 2.29 bits per heavy atom. The van der Waals surface area contributed by atoms with E-state index in [1.807, 2.05) is 0 Å². The fourth-order valence-electron chi connectivity index (χ4n) is 1.99. The number of nitrogens with one attached hydrogen (secondary N) is 1. The lowest BCUT2D eigenvalue weighted by molar-refractivity contribution is -0.137. The second-order valence-corrected chi connectivity index (χ2v) is 4.10. The summed E-state index contributed by atoms with van der Waals surface area (Å²) in [6, 6.07) is 4.61. The van der Waals surface area contributed by atoms with E-state index in [-0.39, 0.29) is 30.4 Å². The quantitative estimate of drug-likeness (QED) is 0.842. The number of fused-ring (bicyclic) bond motifs is 1. The molecule has 0 radical (unpaired) electrons. The van der Waals surface area contributed by atoms with Gasteiger partial charge in [-0.2, -0.15) is 0 Å². The number of aliphatic carboxylic acids is 1. The smallest absolute Gasteiger partial charge is 0.303 e. The molecule has 0 aliphatic carbocycles. The second kappa shape index (κ2) is 4.53. The SMILES string of the molecule is O=C(O)CCC1Cc2cccc(F)c2NC1=O. The maximum atomic E-state index is 13.4. The molecule has 90 valence electrons. The molecule has 2 rings (SSSR count). The number of carbonyl (C=O) groups excluding carboxylic acids is 1. The molecule has 1 heterocycles. The van der Waals surface area contributed by atoms with Crippen molar-refractivity contribution in [2.75, 3.05) is 5.32 Å². The summed E-state index contributed by atoms with van der Waals surface area (Å²) in [5, 5.41) is 11.1. The predicted molar refractivity (Wildman–Crippen MR) is 59.1 cm³/mol. The van der Waals surface area contributed by atoms with Crippen LogP contribution in [0.5, 0.6) is 0 Å². The minimum absolute atomic E-state index is 0.0528. The predicted octanol–water partition coefficient (Wildman–Crippen LogP) is 1.80. The van der Waals surface area contributed by atoms with E-state index in [1.54, 1.807) is 12.1 Å². The molecule has 1 aromatic carbocycles. The first-order valence-electron chi connectivity index (χ1n) is 5.38. The van der Waals surface area contributed by atoms with Crippen molar-refractivity contribution in [1.82, 2.24) is 0 Å². The lowest BCUT2D eigenvalue weighted by atomic mass is 9.89. The van der Waals surface area contributed by atoms with Gasteiger partial charge in [0.1, 0.15) is 5.82 Å². The average Bonchev–Trinajstić information content (AvgIpc) is 2.28. The first-order valence-corrected chi connectivity index (χ1v) is 5.38. The molecule has 0 saturated heterocycles. The molecule has 0 bridgehead atoms. The highest BCUT2D eigenvalue weighted by Gasteiger charge is 2.27. The zero-order valence-electron chi connectivity index (χ0n) is 9.07. The fourth-order valence-corrected chi connectivity index (χ4v) is 1.99. The number of benzene rings is 1. The highest BCUT2D eigenvalue weighted by molar-refractivity contribution is 5.96. The number of hydrogen-bond acceptors (Lipinski definition) is 2. The number of anilines is 1. The molecule has 1 unspecified atom stereocenters. The monoisotopic (exact) mass is 237 g/mol. The van der Waals surface area contributed by atoms with Gasteiger partial charge < -0.3 is 10.4 Å². The molecular weight excluding hydrogens is 225 g/mol. The Hall–Kier alpha value is -1.91. The largest absolute Gasteiger partial charge is 0.481 e. The van der Waals surface area contributed by atoms with Gasteiger partial charge in [-0.25, -0.2) is 4.39 Å². The first-order chi connectivity index (χ1) is 8.08. The minimum atomic E-state index is -0.928. The van der Waals surface area contributed by atoms with E-state index < -0.39 is 11.8 Å². The van der Waals surface area contributed by atoms with Gasteiger partial charge in [0, 0.05) is 12.3 Å². The van der Waals surface area contributed by atoms with Gasteiger partial charge >= 0.3 is 5.97 Å². The number of carbonyl (C=O) groups is 2. The van der Waals surface area contributed by atoms with Gasteiger partial charge in [0.2, 0.25) is 5.91 Å². The van der Waals surface area contributed by atoms with Crippen LogP contribution in [-0.2, 0) is 16.0 Å². The zero-order chi connectivity index (χ0) is 12.4. The van der Waals surface area contributed by atoms with Crippen LogP contribution < -0.4 is 5.32 Å². The molecule has 0 saturated carbocycles. The third-order valence-corrected chi connectivity index (χ3v) is 2.89. The third-order valence-electron chi connectivity index (χ3n) is 2.89. The normalized spacial score (nSPS) is 18.4. The Morgan fingerprint density at radius 3 is 3.00 bits per heavy atom. The lowest BCUT2D eigenvalue weighted by Gasteiger charge is -2.24. The van der Waals surface area contributed by atoms with Crippen molar-refractivity contribution < 1.29 is 19.1 Å². The van der Waals surface area contributed by atoms with E-state index in [4.69, 9.17) is 5.11 Å². The molecule has 0 fully saturated rings. The number of rotatable bonds is 3. The van der Waals surface area contributed by atoms with E-state index in [0.29, 0.717) is 6.42 Å². The number of carboxylic acid groups (broad SMARTS) is 1. The van der Waals surface area contributed by atoms with Crippen LogP contribution in [0, 0.1) is 11.7 Å². The van der Waals surface area contributed by atoms with E-state index >= 15 is 0 Å². The minimum Gasteiger partial charge on any atom is -0.481 e. The number of halogens is 1. The summed E-state index contributed by atoms with van der Waals surface area (Å²) in [5.41, 5.74) is 0.948. The van der Waals surface area contributed by atoms with Crippen molar-refractivity contribution >= 4 is 17.6 Å². The Kier molecular flexibility index (Phi) is 3.08. The Labute approximate surface area is 97.4 Å². The van der Waals surface area contributed by atoms with Crippen molar-refractivity contribution in [3.63, 3.8) is 0 Å². The van der Waals surface area contributed by atoms with Crippen LogP contribution in [0.4, 0.5) is 10.1 Å². The van der Waals surface area contributed by atoms with Gasteiger partial charge in [-0.15, -0.1) is 0 Å². The molecule has 4 nitrogen and oxygen atoms in total. The molecular formula is C12H12FNO3. The van der Waals surface area contributed by atoms with E-state index in [9.17, 15) is 14.0 Å². The molecule has 0 spiro atoms. The van der Waals surface area contributed by atoms with Crippen LogP contribution in [0.1, 0.15) is 18.4 Å². The molecule has 5 heteroatoms. The number of hydrogen-bond donors (Lipinski definition) is 2. The Balaban J connectivity index is 2.16. The summed E-state index contributed by atoms with van der Waals surface area (Å²) in [4.78, 5) is 22.1. The van der Waals surface area contributed by atoms with Crippen molar-refractivity contribution in [2.24, 2.45) is 5.92 Å². The fraction of sp³-hybridized carbons (Fsp3) is 0.333. The van der Waals surface area contributed by atoms with Gasteiger partial charge in [-0.3, -0.25) is 9.59 Å². The van der Waals surface area contributed by atoms with Gasteiger partial charge in [0.05, 0.1) is 5.69 Å². The molecule has 1 atom stereocenters. The molecule has 0 aromatic heterocycles. The van der Waals surface area contributed by atoms with Gasteiger partial charge in [0.25, 0.3) is 0 Å². The number of amides is 1. The van der Waals surface area contributed by atoms with Crippen molar-refractivity contribution in [2.45, 2.75) is 19.3 Å². The molecule has 1 aliphatic heterocycles. The van der Waals surface area contributed by atoms with Crippen LogP contribution in [0.15, 0.2) is 18.2 Å². The summed E-state index contributed by atoms with van der Waals surface area (Å²) < 4.78 is 13.4. The van der Waals surface area contributed by atoms with Crippen LogP contribution in [-0.4, -0.2) is 17.0 Å². The van der Waals surface area contributed by atoms with Gasteiger partial charge in [0.15, 0.2) is 0 Å². The Bertz CT molecular complexity index is 473. The Morgan fingerprint density at radius 1 is 1.53 bits per heavy atom. The highest BCUT2D eigenvalue weighted by atomic mass is 19.1. The highest BCUT2D eigenvalue weighted by Crippen LogP contribution is 2.29. The summed E-state index contributed by atoms with van der Waals surface area (Å²) in [6.07, 6.45) is 0.617. The van der Waals surface area contributed by atoms with Crippen molar-refractivity contribution in [1.29, 1.82) is 0 Å². The van der Waals surface area contributed by atoms with E-state index in [0.717, 1.165) is 5.56 Å². The van der Waals surface area contributed by atoms with Crippen LogP contribution >= 0.6 is 0 Å². The summed E-state index contributed by atoms with van der Waals surface area (Å²) in [6.45, 7) is 0. The summed E-state index contributed by atoms with van der Waals surface area (Å²) >= 11 is 0. The number of carboxylic acids is 1. The van der Waals surface area contributed by atoms with Crippen LogP contribution in [0.25, 0.3) is 0 Å². The number of para-hydroxylation sites is 1. The molecule has 1 amide bonds. The topological polar surface area (TPSA) is 66.4 Å². The second-order valence-electron chi connectivity index (χ2n) is 4.10. The first kappa shape index (κ1) is 11.6. The zero-order valence-corrected chi connectivity index (χ0v) is 9.07. The summed E-state index contributed by atoms with van der Waals surface area (Å²) in [5.74, 6) is -2.07. The third kappa shape index (κ3) is 2.43. The molecule has 1 aliphatic rings. The van der Waals surface area contributed by atoms with Crippen molar-refractivity contribution in [3.05, 3.63) is 29.6 Å². The molecule has 1 aromatic rings. The van der Waals surface area contributed by atoms with Gasteiger partial charge in [-0.1, -0.05) is 12.1 Å². The van der Waals surface area contributed by atoms with Gasteiger partial charge in [-0.05, 0) is 24.5 Å². The molecule has 2 N–H and O–H groups in total.